The minimum Gasteiger partial charge on any atom is -0.497 e. The Morgan fingerprint density at radius 1 is 0.771 bits per heavy atom. The van der Waals surface area contributed by atoms with Gasteiger partial charge in [-0.15, -0.1) is 0 Å². The van der Waals surface area contributed by atoms with E-state index in [-0.39, 0.29) is 18.2 Å². The van der Waals surface area contributed by atoms with Gasteiger partial charge in [0.1, 0.15) is 5.75 Å². The molecule has 1 aromatic heterocycles. The Kier molecular flexibility index (Phi) is 7.86. The Bertz CT molecular complexity index is 1290. The Hall–Kier alpha value is -4.45. The molecule has 3 aromatic carbocycles. The molecule has 0 fully saturated rings. The molecule has 0 saturated carbocycles. The summed E-state index contributed by atoms with van der Waals surface area (Å²) in [5.41, 5.74) is 5.07. The molecule has 2 amide bonds. The largest absolute Gasteiger partial charge is 0.497 e. The van der Waals surface area contributed by atoms with E-state index in [1.54, 1.807) is 19.5 Å². The fraction of sp³-hybridized carbons (Fsp3) is 0.138. The highest BCUT2D eigenvalue weighted by molar-refractivity contribution is 6.01. The molecule has 1 heterocycles. The lowest BCUT2D eigenvalue weighted by atomic mass is 9.95. The number of aromatic nitrogens is 1. The Labute approximate surface area is 205 Å². The van der Waals surface area contributed by atoms with Crippen molar-refractivity contribution in [2.45, 2.75) is 19.5 Å². The molecular weight excluding hydrogens is 438 g/mol. The lowest BCUT2D eigenvalue weighted by Gasteiger charge is -2.15. The quantitative estimate of drug-likeness (QED) is 0.380. The van der Waals surface area contributed by atoms with Crippen LogP contribution < -0.4 is 15.4 Å². The number of carbonyl (C=O) groups excluding carboxylic acids is 2. The first-order valence-electron chi connectivity index (χ1n) is 11.4. The molecule has 0 spiro atoms. The van der Waals surface area contributed by atoms with Gasteiger partial charge in [0.25, 0.3) is 5.91 Å². The van der Waals surface area contributed by atoms with Gasteiger partial charge >= 0.3 is 0 Å². The zero-order valence-corrected chi connectivity index (χ0v) is 19.5. The van der Waals surface area contributed by atoms with Gasteiger partial charge in [-0.3, -0.25) is 14.6 Å². The summed E-state index contributed by atoms with van der Waals surface area (Å²) in [5.74, 6) is 0.515. The Balaban J connectivity index is 1.46. The van der Waals surface area contributed by atoms with Crippen molar-refractivity contribution >= 4 is 11.8 Å². The van der Waals surface area contributed by atoms with E-state index in [0.717, 1.165) is 33.6 Å². The summed E-state index contributed by atoms with van der Waals surface area (Å²) in [4.78, 5) is 29.7. The van der Waals surface area contributed by atoms with E-state index in [1.807, 2.05) is 84.9 Å². The average Bonchev–Trinajstić information content (AvgIpc) is 2.92. The van der Waals surface area contributed by atoms with Gasteiger partial charge in [0.05, 0.1) is 13.5 Å². The summed E-state index contributed by atoms with van der Waals surface area (Å²) >= 11 is 0. The van der Waals surface area contributed by atoms with E-state index in [0.29, 0.717) is 18.7 Å². The molecule has 2 N–H and O–H groups in total. The lowest BCUT2D eigenvalue weighted by Crippen LogP contribution is -2.25. The van der Waals surface area contributed by atoms with E-state index >= 15 is 0 Å². The van der Waals surface area contributed by atoms with Crippen LogP contribution in [0.1, 0.15) is 27.0 Å². The van der Waals surface area contributed by atoms with Gasteiger partial charge in [0, 0.05) is 31.0 Å². The predicted octanol–water partition coefficient (Wildman–Crippen LogP) is 4.55. The smallest absolute Gasteiger partial charge is 0.252 e. The molecule has 4 rings (SSSR count). The molecule has 0 radical (unpaired) electrons. The van der Waals surface area contributed by atoms with Crippen LogP contribution in [0.5, 0.6) is 5.75 Å². The number of amides is 2. The van der Waals surface area contributed by atoms with Crippen LogP contribution in [0.4, 0.5) is 0 Å². The van der Waals surface area contributed by atoms with E-state index < -0.39 is 0 Å². The summed E-state index contributed by atoms with van der Waals surface area (Å²) in [7, 11) is 1.61. The van der Waals surface area contributed by atoms with Gasteiger partial charge < -0.3 is 15.4 Å². The maximum Gasteiger partial charge on any atom is 0.252 e. The molecule has 6 heteroatoms. The highest BCUT2D eigenvalue weighted by Gasteiger charge is 2.15. The number of methoxy groups -OCH3 is 1. The van der Waals surface area contributed by atoms with Crippen molar-refractivity contribution in [3.63, 3.8) is 0 Å². The third-order valence-electron chi connectivity index (χ3n) is 5.65. The van der Waals surface area contributed by atoms with Crippen LogP contribution in [0, 0.1) is 0 Å². The number of nitrogens with zero attached hydrogens (tertiary/aromatic N) is 1. The minimum absolute atomic E-state index is 0.0764. The Morgan fingerprint density at radius 3 is 2.26 bits per heavy atom. The highest BCUT2D eigenvalue weighted by Crippen LogP contribution is 2.27. The third kappa shape index (κ3) is 6.32. The number of benzene rings is 3. The van der Waals surface area contributed by atoms with Crippen molar-refractivity contribution in [1.82, 2.24) is 15.6 Å². The van der Waals surface area contributed by atoms with Gasteiger partial charge in [-0.1, -0.05) is 60.7 Å². The van der Waals surface area contributed by atoms with Gasteiger partial charge in [0.2, 0.25) is 5.91 Å². The highest BCUT2D eigenvalue weighted by atomic mass is 16.5. The fourth-order valence-corrected chi connectivity index (χ4v) is 3.82. The predicted molar refractivity (Wildman–Crippen MR) is 136 cm³/mol. The second-order valence-corrected chi connectivity index (χ2v) is 8.05. The van der Waals surface area contributed by atoms with Crippen LogP contribution in [0.15, 0.2) is 97.3 Å². The van der Waals surface area contributed by atoms with Gasteiger partial charge in [-0.2, -0.15) is 0 Å². The number of ether oxygens (including phenoxy) is 1. The van der Waals surface area contributed by atoms with Crippen LogP contribution >= 0.6 is 0 Å². The maximum atomic E-state index is 13.0. The molecule has 4 aromatic rings. The van der Waals surface area contributed by atoms with E-state index in [1.165, 1.54) is 0 Å². The minimum atomic E-state index is -0.164. The molecule has 176 valence electrons. The van der Waals surface area contributed by atoms with Crippen molar-refractivity contribution in [3.05, 3.63) is 120 Å². The van der Waals surface area contributed by atoms with E-state index in [9.17, 15) is 9.59 Å². The van der Waals surface area contributed by atoms with E-state index in [2.05, 4.69) is 15.6 Å². The van der Waals surface area contributed by atoms with Crippen LogP contribution in [-0.2, 0) is 24.3 Å². The monoisotopic (exact) mass is 465 g/mol. The van der Waals surface area contributed by atoms with Crippen LogP contribution in [0.2, 0.25) is 0 Å². The molecule has 0 bridgehead atoms. The van der Waals surface area contributed by atoms with Crippen molar-refractivity contribution in [2.24, 2.45) is 0 Å². The van der Waals surface area contributed by atoms with Crippen molar-refractivity contribution in [3.8, 4) is 16.9 Å². The second-order valence-electron chi connectivity index (χ2n) is 8.05. The second kappa shape index (κ2) is 11.6. The number of hydrogen-bond acceptors (Lipinski definition) is 4. The summed E-state index contributed by atoms with van der Waals surface area (Å²) in [6.07, 6.45) is 3.71. The number of nitrogens with one attached hydrogen (secondary N) is 2. The lowest BCUT2D eigenvalue weighted by molar-refractivity contribution is -0.120. The standard InChI is InChI=1S/C29H27N3O3/c1-35-24-14-12-21(13-15-24)17-28(33)31-20-23-8-2-3-9-25(23)26-10-4-5-11-27(26)29(34)32-19-22-7-6-16-30-18-22/h2-16,18H,17,19-20H2,1H3,(H,31,33)(H,32,34). The fourth-order valence-electron chi connectivity index (χ4n) is 3.82. The topological polar surface area (TPSA) is 80.3 Å². The van der Waals surface area contributed by atoms with Crippen LogP contribution in [-0.4, -0.2) is 23.9 Å². The maximum absolute atomic E-state index is 13.0. The number of pyridine rings is 1. The molecular formula is C29H27N3O3. The summed E-state index contributed by atoms with van der Waals surface area (Å²) in [6.45, 7) is 0.751. The molecule has 0 unspecified atom stereocenters. The zero-order valence-electron chi connectivity index (χ0n) is 19.5. The number of hydrogen-bond donors (Lipinski definition) is 2. The summed E-state index contributed by atoms with van der Waals surface area (Å²) in [5, 5.41) is 5.98. The number of carbonyl (C=O) groups is 2. The first kappa shape index (κ1) is 23.7. The molecule has 0 aliphatic rings. The van der Waals surface area contributed by atoms with Crippen molar-refractivity contribution in [2.75, 3.05) is 7.11 Å². The molecule has 0 aliphatic carbocycles. The summed E-state index contributed by atoms with van der Waals surface area (Å²) in [6, 6.07) is 26.5. The third-order valence-corrected chi connectivity index (χ3v) is 5.65. The van der Waals surface area contributed by atoms with Crippen LogP contribution in [0.3, 0.4) is 0 Å². The zero-order chi connectivity index (χ0) is 24.5. The first-order chi connectivity index (χ1) is 17.1. The van der Waals surface area contributed by atoms with Crippen LogP contribution in [0.25, 0.3) is 11.1 Å². The molecule has 35 heavy (non-hydrogen) atoms. The average molecular weight is 466 g/mol. The number of rotatable bonds is 9. The first-order valence-corrected chi connectivity index (χ1v) is 11.4. The molecule has 0 aliphatic heterocycles. The molecule has 6 nitrogen and oxygen atoms in total. The van der Waals surface area contributed by atoms with Crippen molar-refractivity contribution in [1.29, 1.82) is 0 Å². The van der Waals surface area contributed by atoms with E-state index in [4.69, 9.17) is 4.74 Å². The Morgan fingerprint density at radius 2 is 1.51 bits per heavy atom. The van der Waals surface area contributed by atoms with Gasteiger partial charge in [-0.25, -0.2) is 0 Å². The summed E-state index contributed by atoms with van der Waals surface area (Å²) < 4.78 is 5.17. The van der Waals surface area contributed by atoms with Gasteiger partial charge in [-0.05, 0) is 52.1 Å². The normalized spacial score (nSPS) is 10.4. The van der Waals surface area contributed by atoms with Gasteiger partial charge in [0.15, 0.2) is 0 Å². The molecule has 0 saturated heterocycles. The molecule has 0 atom stereocenters. The van der Waals surface area contributed by atoms with Crippen molar-refractivity contribution < 1.29 is 14.3 Å². The SMILES string of the molecule is COc1ccc(CC(=O)NCc2ccccc2-c2ccccc2C(=O)NCc2cccnc2)cc1.